The fourth-order valence-electron chi connectivity index (χ4n) is 2.42. The lowest BCUT2D eigenvalue weighted by Gasteiger charge is -2.36. The summed E-state index contributed by atoms with van der Waals surface area (Å²) >= 11 is 0. The van der Waals surface area contributed by atoms with Gasteiger partial charge in [0.2, 0.25) is 0 Å². The highest BCUT2D eigenvalue weighted by Crippen LogP contribution is 2.19. The smallest absolute Gasteiger partial charge is 0.294 e. The van der Waals surface area contributed by atoms with Crippen molar-refractivity contribution in [3.05, 3.63) is 24.3 Å². The van der Waals surface area contributed by atoms with E-state index in [1.54, 1.807) is 12.1 Å². The molecule has 0 amide bonds. The molecule has 0 bridgehead atoms. The van der Waals surface area contributed by atoms with Crippen LogP contribution in [0.1, 0.15) is 0 Å². The zero-order chi connectivity index (χ0) is 16.0. The molecule has 0 spiro atoms. The number of benzene rings is 1. The molecule has 1 aromatic carbocycles. The predicted molar refractivity (Wildman–Crippen MR) is 82.8 cm³/mol. The van der Waals surface area contributed by atoms with E-state index in [1.807, 2.05) is 0 Å². The summed E-state index contributed by atoms with van der Waals surface area (Å²) in [5.41, 5.74) is 0.948. The van der Waals surface area contributed by atoms with Gasteiger partial charge in [-0.3, -0.25) is 9.45 Å². The number of piperazine rings is 1. The molecule has 1 aliphatic rings. The third kappa shape index (κ3) is 4.92. The first-order chi connectivity index (χ1) is 10.5. The molecule has 7 nitrogen and oxygen atoms in total. The Bertz CT molecular complexity index is 553. The van der Waals surface area contributed by atoms with Crippen molar-refractivity contribution in [3.8, 4) is 0 Å². The minimum atomic E-state index is -4.13. The minimum absolute atomic E-state index is 0.0489. The van der Waals surface area contributed by atoms with Gasteiger partial charge in [0.25, 0.3) is 10.1 Å². The highest BCUT2D eigenvalue weighted by molar-refractivity contribution is 7.85. The molecule has 22 heavy (non-hydrogen) atoms. The third-order valence-electron chi connectivity index (χ3n) is 3.66. The SMILES string of the molecule is O=S(=O)(O)c1ccc(N2CCN(CCOCCO)CC2)cc1. The van der Waals surface area contributed by atoms with Crippen LogP contribution in [0.5, 0.6) is 0 Å². The Hall–Kier alpha value is -1.19. The summed E-state index contributed by atoms with van der Waals surface area (Å²) in [6.45, 7) is 5.40. The maximum atomic E-state index is 11.0. The molecular formula is C14H22N2O5S. The van der Waals surface area contributed by atoms with Crippen LogP contribution in [0, 0.1) is 0 Å². The molecule has 0 saturated carbocycles. The Morgan fingerprint density at radius 1 is 1.05 bits per heavy atom. The summed E-state index contributed by atoms with van der Waals surface area (Å²) in [7, 11) is -4.13. The molecule has 0 aliphatic carbocycles. The topological polar surface area (TPSA) is 90.3 Å². The van der Waals surface area contributed by atoms with E-state index in [-0.39, 0.29) is 11.5 Å². The molecule has 2 rings (SSSR count). The summed E-state index contributed by atoms with van der Waals surface area (Å²) in [4.78, 5) is 4.38. The van der Waals surface area contributed by atoms with E-state index in [0.29, 0.717) is 13.2 Å². The van der Waals surface area contributed by atoms with Gasteiger partial charge in [-0.05, 0) is 24.3 Å². The number of rotatable bonds is 7. The van der Waals surface area contributed by atoms with Crippen molar-refractivity contribution in [1.29, 1.82) is 0 Å². The molecule has 1 aromatic rings. The number of ether oxygens (including phenoxy) is 1. The van der Waals surface area contributed by atoms with Crippen LogP contribution in [-0.4, -0.2) is 75.5 Å². The monoisotopic (exact) mass is 330 g/mol. The molecule has 124 valence electrons. The maximum Gasteiger partial charge on any atom is 0.294 e. The Morgan fingerprint density at radius 3 is 2.23 bits per heavy atom. The number of nitrogens with zero attached hydrogens (tertiary/aromatic N) is 2. The lowest BCUT2D eigenvalue weighted by Crippen LogP contribution is -2.47. The highest BCUT2D eigenvalue weighted by atomic mass is 32.2. The van der Waals surface area contributed by atoms with Gasteiger partial charge in [0, 0.05) is 38.4 Å². The van der Waals surface area contributed by atoms with E-state index in [1.165, 1.54) is 12.1 Å². The second-order valence-corrected chi connectivity index (χ2v) is 6.56. The normalized spacial score (nSPS) is 16.9. The fraction of sp³-hybridized carbons (Fsp3) is 0.571. The molecule has 8 heteroatoms. The standard InChI is InChI=1S/C14H22N2O5S/c17-10-12-21-11-9-15-5-7-16(8-6-15)13-1-3-14(4-2-13)22(18,19)20/h1-4,17H,5-12H2,(H,18,19,20). The van der Waals surface area contributed by atoms with Gasteiger partial charge in [-0.25, -0.2) is 0 Å². The zero-order valence-corrected chi connectivity index (χ0v) is 13.2. The second kappa shape index (κ2) is 7.89. The average Bonchev–Trinajstić information content (AvgIpc) is 2.51. The van der Waals surface area contributed by atoms with Crippen molar-refractivity contribution in [2.75, 3.05) is 57.4 Å². The van der Waals surface area contributed by atoms with Gasteiger partial charge in [0.15, 0.2) is 0 Å². The zero-order valence-electron chi connectivity index (χ0n) is 12.4. The number of hydrogen-bond acceptors (Lipinski definition) is 6. The maximum absolute atomic E-state index is 11.0. The van der Waals surface area contributed by atoms with Crippen molar-refractivity contribution >= 4 is 15.8 Å². The van der Waals surface area contributed by atoms with Crippen LogP contribution in [0.15, 0.2) is 29.2 Å². The Labute approximate surface area is 130 Å². The van der Waals surface area contributed by atoms with Gasteiger partial charge < -0.3 is 14.7 Å². The van der Waals surface area contributed by atoms with Gasteiger partial charge in [-0.1, -0.05) is 0 Å². The Morgan fingerprint density at radius 2 is 1.68 bits per heavy atom. The van der Waals surface area contributed by atoms with E-state index < -0.39 is 10.1 Å². The van der Waals surface area contributed by atoms with Crippen LogP contribution in [0.3, 0.4) is 0 Å². The summed E-state index contributed by atoms with van der Waals surface area (Å²) in [5, 5.41) is 8.64. The first kappa shape index (κ1) is 17.2. The third-order valence-corrected chi connectivity index (χ3v) is 4.53. The molecule has 1 fully saturated rings. The van der Waals surface area contributed by atoms with Crippen molar-refractivity contribution in [2.45, 2.75) is 4.90 Å². The molecular weight excluding hydrogens is 308 g/mol. The molecule has 1 aliphatic heterocycles. The van der Waals surface area contributed by atoms with E-state index in [2.05, 4.69) is 9.80 Å². The fourth-order valence-corrected chi connectivity index (χ4v) is 2.90. The van der Waals surface area contributed by atoms with Crippen LogP contribution in [0.25, 0.3) is 0 Å². The number of aliphatic hydroxyl groups excluding tert-OH is 1. The number of anilines is 1. The van der Waals surface area contributed by atoms with E-state index >= 15 is 0 Å². The Balaban J connectivity index is 1.81. The quantitative estimate of drug-likeness (QED) is 0.540. The van der Waals surface area contributed by atoms with Crippen molar-refractivity contribution < 1.29 is 22.8 Å². The summed E-state index contributed by atoms with van der Waals surface area (Å²) in [6.07, 6.45) is 0. The lowest BCUT2D eigenvalue weighted by molar-refractivity contribution is 0.0724. The molecule has 0 radical (unpaired) electrons. The molecule has 1 saturated heterocycles. The summed E-state index contributed by atoms with van der Waals surface area (Å²) < 4.78 is 36.3. The van der Waals surface area contributed by atoms with E-state index in [4.69, 9.17) is 14.4 Å². The van der Waals surface area contributed by atoms with Crippen LogP contribution in [0.2, 0.25) is 0 Å². The summed E-state index contributed by atoms with van der Waals surface area (Å²) in [5.74, 6) is 0. The van der Waals surface area contributed by atoms with E-state index in [0.717, 1.165) is 38.4 Å². The number of aliphatic hydroxyl groups is 1. The van der Waals surface area contributed by atoms with Crippen LogP contribution in [-0.2, 0) is 14.9 Å². The number of hydrogen-bond donors (Lipinski definition) is 2. The van der Waals surface area contributed by atoms with Crippen LogP contribution >= 0.6 is 0 Å². The van der Waals surface area contributed by atoms with E-state index in [9.17, 15) is 8.42 Å². The Kier molecular flexibility index (Phi) is 6.16. The van der Waals surface area contributed by atoms with Gasteiger partial charge >= 0.3 is 0 Å². The highest BCUT2D eigenvalue weighted by Gasteiger charge is 2.17. The second-order valence-electron chi connectivity index (χ2n) is 5.13. The van der Waals surface area contributed by atoms with Gasteiger partial charge in [-0.15, -0.1) is 0 Å². The minimum Gasteiger partial charge on any atom is -0.394 e. The molecule has 0 unspecified atom stereocenters. The molecule has 0 aromatic heterocycles. The molecule has 2 N–H and O–H groups in total. The lowest BCUT2D eigenvalue weighted by atomic mass is 10.2. The van der Waals surface area contributed by atoms with Gasteiger partial charge in [0.05, 0.1) is 24.7 Å². The first-order valence-electron chi connectivity index (χ1n) is 7.24. The first-order valence-corrected chi connectivity index (χ1v) is 8.68. The van der Waals surface area contributed by atoms with Crippen LogP contribution < -0.4 is 4.90 Å². The van der Waals surface area contributed by atoms with Crippen LogP contribution in [0.4, 0.5) is 5.69 Å². The van der Waals surface area contributed by atoms with Crippen molar-refractivity contribution in [2.24, 2.45) is 0 Å². The largest absolute Gasteiger partial charge is 0.394 e. The van der Waals surface area contributed by atoms with Crippen molar-refractivity contribution in [3.63, 3.8) is 0 Å². The van der Waals surface area contributed by atoms with Crippen molar-refractivity contribution in [1.82, 2.24) is 4.90 Å². The summed E-state index contributed by atoms with van der Waals surface area (Å²) in [6, 6.07) is 6.26. The predicted octanol–water partition coefficient (Wildman–Crippen LogP) is 0.0642. The molecule has 1 heterocycles. The molecule has 0 atom stereocenters. The van der Waals surface area contributed by atoms with Gasteiger partial charge in [-0.2, -0.15) is 8.42 Å². The average molecular weight is 330 g/mol. The van der Waals surface area contributed by atoms with Gasteiger partial charge in [0.1, 0.15) is 0 Å².